The van der Waals surface area contributed by atoms with Gasteiger partial charge in [-0.1, -0.05) is 72.8 Å². The molecule has 35 heavy (non-hydrogen) atoms. The second-order valence-electron chi connectivity index (χ2n) is 8.71. The van der Waals surface area contributed by atoms with Crippen LogP contribution >= 0.6 is 0 Å². The number of hydrogen-bond donors (Lipinski definition) is 1. The minimum absolute atomic E-state index is 0.139. The Morgan fingerprint density at radius 2 is 1.51 bits per heavy atom. The van der Waals surface area contributed by atoms with Crippen molar-refractivity contribution in [3.8, 4) is 16.9 Å². The van der Waals surface area contributed by atoms with Crippen molar-refractivity contribution in [2.24, 2.45) is 0 Å². The normalized spacial score (nSPS) is 11.3. The maximum Gasteiger partial charge on any atom is 0.338 e. The molecule has 5 aromatic carbocycles. The first-order chi connectivity index (χ1) is 17.1. The lowest BCUT2D eigenvalue weighted by molar-refractivity contribution is 0.0603. The summed E-state index contributed by atoms with van der Waals surface area (Å²) in [5.74, 6) is -0.285. The first-order valence-corrected chi connectivity index (χ1v) is 11.5. The average Bonchev–Trinajstić information content (AvgIpc) is 3.22. The Morgan fingerprint density at radius 3 is 2.31 bits per heavy atom. The van der Waals surface area contributed by atoms with E-state index in [9.17, 15) is 9.90 Å². The van der Waals surface area contributed by atoms with Crippen molar-refractivity contribution in [3.05, 3.63) is 114 Å². The standard InChI is InChI=1S/C31H23NO3/c1-35-31(34)25-12-7-13-26-29(25)30-27(17-24(18-28(30)33)21-8-3-2-4-9-21)32(26)19-20-14-15-22-10-5-6-11-23(22)16-20/h2-18,33H,19H2,1H3. The van der Waals surface area contributed by atoms with E-state index in [2.05, 4.69) is 41.0 Å². The smallest absolute Gasteiger partial charge is 0.338 e. The molecule has 0 saturated carbocycles. The highest BCUT2D eigenvalue weighted by molar-refractivity contribution is 6.19. The third-order valence-corrected chi connectivity index (χ3v) is 6.64. The van der Waals surface area contributed by atoms with E-state index < -0.39 is 5.97 Å². The van der Waals surface area contributed by atoms with Gasteiger partial charge in [0.15, 0.2) is 0 Å². The second kappa shape index (κ2) is 8.33. The highest BCUT2D eigenvalue weighted by Crippen LogP contribution is 2.40. The molecule has 4 nitrogen and oxygen atoms in total. The van der Waals surface area contributed by atoms with Crippen molar-refractivity contribution in [2.45, 2.75) is 6.54 Å². The quantitative estimate of drug-likeness (QED) is 0.286. The Bertz CT molecular complexity index is 1730. The molecule has 0 aliphatic heterocycles. The van der Waals surface area contributed by atoms with Gasteiger partial charge in [-0.05, 0) is 57.8 Å². The lowest BCUT2D eigenvalue weighted by Gasteiger charge is -2.11. The van der Waals surface area contributed by atoms with Crippen LogP contribution in [0.15, 0.2) is 103 Å². The van der Waals surface area contributed by atoms with Crippen LogP contribution in [0.25, 0.3) is 43.7 Å². The van der Waals surface area contributed by atoms with E-state index in [0.29, 0.717) is 22.9 Å². The van der Waals surface area contributed by atoms with E-state index in [0.717, 1.165) is 27.7 Å². The van der Waals surface area contributed by atoms with Crippen LogP contribution in [0.4, 0.5) is 0 Å². The third kappa shape index (κ3) is 3.51. The van der Waals surface area contributed by atoms with Gasteiger partial charge < -0.3 is 14.4 Å². The third-order valence-electron chi connectivity index (χ3n) is 6.64. The minimum atomic E-state index is -0.424. The Kier molecular flexibility index (Phi) is 5.00. The van der Waals surface area contributed by atoms with E-state index in [1.54, 1.807) is 12.1 Å². The van der Waals surface area contributed by atoms with Crippen molar-refractivity contribution in [1.82, 2.24) is 4.57 Å². The molecule has 1 heterocycles. The fraction of sp³-hybridized carbons (Fsp3) is 0.0645. The number of methoxy groups -OCH3 is 1. The fourth-order valence-corrected chi connectivity index (χ4v) is 5.01. The first-order valence-electron chi connectivity index (χ1n) is 11.5. The molecule has 0 aliphatic rings. The maximum absolute atomic E-state index is 12.7. The number of esters is 1. The predicted octanol–water partition coefficient (Wildman–Crippen LogP) is 7.16. The Morgan fingerprint density at radius 1 is 0.743 bits per heavy atom. The van der Waals surface area contributed by atoms with Crippen molar-refractivity contribution >= 4 is 38.5 Å². The van der Waals surface area contributed by atoms with Gasteiger partial charge in [0.05, 0.1) is 29.1 Å². The largest absolute Gasteiger partial charge is 0.507 e. The number of phenols is 1. The number of ether oxygens (including phenoxy) is 1. The predicted molar refractivity (Wildman–Crippen MR) is 141 cm³/mol. The highest BCUT2D eigenvalue weighted by Gasteiger charge is 2.21. The number of carbonyl (C=O) groups excluding carboxylic acids is 1. The van der Waals surface area contributed by atoms with Gasteiger partial charge in [-0.2, -0.15) is 0 Å². The molecule has 0 saturated heterocycles. The first kappa shape index (κ1) is 21.0. The van der Waals surface area contributed by atoms with E-state index in [4.69, 9.17) is 4.74 Å². The Labute approximate surface area is 202 Å². The SMILES string of the molecule is COC(=O)c1cccc2c1c1c(O)cc(-c3ccccc3)cc1n2Cc1ccc2ccccc2c1. The maximum atomic E-state index is 12.7. The van der Waals surface area contributed by atoms with Crippen LogP contribution in [0, 0.1) is 0 Å². The molecule has 0 bridgehead atoms. The zero-order valence-corrected chi connectivity index (χ0v) is 19.2. The van der Waals surface area contributed by atoms with Gasteiger partial charge in [0.2, 0.25) is 0 Å². The van der Waals surface area contributed by atoms with Crippen LogP contribution in [0.2, 0.25) is 0 Å². The number of nitrogens with zero attached hydrogens (tertiary/aromatic N) is 1. The van der Waals surface area contributed by atoms with E-state index in [1.807, 2.05) is 54.6 Å². The van der Waals surface area contributed by atoms with Gasteiger partial charge >= 0.3 is 5.97 Å². The summed E-state index contributed by atoms with van der Waals surface area (Å²) in [5.41, 5.74) is 5.24. The molecule has 0 atom stereocenters. The number of fused-ring (bicyclic) bond motifs is 4. The lowest BCUT2D eigenvalue weighted by Crippen LogP contribution is -2.03. The van der Waals surface area contributed by atoms with Crippen molar-refractivity contribution in [3.63, 3.8) is 0 Å². The number of phenolic OH excluding ortho intramolecular Hbond substituents is 1. The Balaban J connectivity index is 1.65. The second-order valence-corrected chi connectivity index (χ2v) is 8.71. The summed E-state index contributed by atoms with van der Waals surface area (Å²) in [5, 5.41) is 15.0. The number of benzene rings is 5. The molecule has 0 aliphatic carbocycles. The molecule has 170 valence electrons. The van der Waals surface area contributed by atoms with Crippen LogP contribution in [-0.4, -0.2) is 22.8 Å². The monoisotopic (exact) mass is 457 g/mol. The molecule has 6 aromatic rings. The molecule has 0 unspecified atom stereocenters. The summed E-state index contributed by atoms with van der Waals surface area (Å²) in [6.07, 6.45) is 0. The highest BCUT2D eigenvalue weighted by atomic mass is 16.5. The summed E-state index contributed by atoms with van der Waals surface area (Å²) >= 11 is 0. The van der Waals surface area contributed by atoms with Gasteiger partial charge in [0, 0.05) is 11.9 Å². The lowest BCUT2D eigenvalue weighted by atomic mass is 10.0. The van der Waals surface area contributed by atoms with E-state index in [1.165, 1.54) is 17.9 Å². The zero-order chi connectivity index (χ0) is 23.9. The Hall–Kier alpha value is -4.57. The van der Waals surface area contributed by atoms with Gasteiger partial charge in [-0.15, -0.1) is 0 Å². The molecule has 0 spiro atoms. The summed E-state index contributed by atoms with van der Waals surface area (Å²) in [6, 6.07) is 34.2. The van der Waals surface area contributed by atoms with Crippen molar-refractivity contribution < 1.29 is 14.6 Å². The van der Waals surface area contributed by atoms with Crippen LogP contribution in [0.3, 0.4) is 0 Å². The summed E-state index contributed by atoms with van der Waals surface area (Å²) < 4.78 is 7.25. The molecule has 1 N–H and O–H groups in total. The minimum Gasteiger partial charge on any atom is -0.507 e. The van der Waals surface area contributed by atoms with Crippen LogP contribution in [0.5, 0.6) is 5.75 Å². The van der Waals surface area contributed by atoms with Gasteiger partial charge in [-0.3, -0.25) is 0 Å². The van der Waals surface area contributed by atoms with Crippen molar-refractivity contribution in [1.29, 1.82) is 0 Å². The zero-order valence-electron chi connectivity index (χ0n) is 19.2. The van der Waals surface area contributed by atoms with Crippen molar-refractivity contribution in [2.75, 3.05) is 7.11 Å². The molecular weight excluding hydrogens is 434 g/mol. The van der Waals surface area contributed by atoms with Crippen LogP contribution in [-0.2, 0) is 11.3 Å². The van der Waals surface area contributed by atoms with Gasteiger partial charge in [-0.25, -0.2) is 4.79 Å². The number of carbonyl (C=O) groups is 1. The van der Waals surface area contributed by atoms with Gasteiger partial charge in [0.25, 0.3) is 0 Å². The van der Waals surface area contributed by atoms with Crippen LogP contribution in [0.1, 0.15) is 15.9 Å². The molecule has 0 fully saturated rings. The average molecular weight is 458 g/mol. The molecule has 0 amide bonds. The summed E-state index contributed by atoms with van der Waals surface area (Å²) in [6.45, 7) is 0.590. The number of aromatic nitrogens is 1. The molecule has 6 rings (SSSR count). The fourth-order valence-electron chi connectivity index (χ4n) is 5.01. The molecule has 1 aromatic heterocycles. The molecule has 4 heteroatoms. The number of hydrogen-bond acceptors (Lipinski definition) is 3. The topological polar surface area (TPSA) is 51.5 Å². The number of aromatic hydroxyl groups is 1. The molecule has 0 radical (unpaired) electrons. The summed E-state index contributed by atoms with van der Waals surface area (Å²) in [7, 11) is 1.38. The van der Waals surface area contributed by atoms with E-state index >= 15 is 0 Å². The van der Waals surface area contributed by atoms with Gasteiger partial charge in [0.1, 0.15) is 5.75 Å². The van der Waals surface area contributed by atoms with E-state index in [-0.39, 0.29) is 5.75 Å². The summed E-state index contributed by atoms with van der Waals surface area (Å²) in [4.78, 5) is 12.7. The molecular formula is C31H23NO3. The number of rotatable bonds is 4. The van der Waals surface area contributed by atoms with Crippen LogP contribution < -0.4 is 0 Å².